The molecule has 0 aromatic carbocycles. The number of aromatic amines is 1. The average Bonchev–Trinajstić information content (AvgIpc) is 2.55. The molecule has 0 spiro atoms. The molecule has 5 heteroatoms. The Labute approximate surface area is 83.1 Å². The highest BCUT2D eigenvalue weighted by Gasteiger charge is 2.31. The van der Waals surface area contributed by atoms with Gasteiger partial charge in [-0.1, -0.05) is 0 Å². The van der Waals surface area contributed by atoms with Crippen LogP contribution in [0.25, 0.3) is 0 Å². The molecule has 0 unspecified atom stereocenters. The summed E-state index contributed by atoms with van der Waals surface area (Å²) in [5.41, 5.74) is 0.111. The summed E-state index contributed by atoms with van der Waals surface area (Å²) in [5, 5.41) is 6.51. The Morgan fingerprint density at radius 2 is 2.23 bits per heavy atom. The summed E-state index contributed by atoms with van der Waals surface area (Å²) in [4.78, 5) is 11.3. The van der Waals surface area contributed by atoms with Gasteiger partial charge in [0.2, 0.25) is 0 Å². The maximum atomic E-state index is 11.3. The van der Waals surface area contributed by atoms with Gasteiger partial charge in [-0.2, -0.15) is 5.10 Å². The smallest absolute Gasteiger partial charge is 0.317 e. The summed E-state index contributed by atoms with van der Waals surface area (Å²) in [7, 11) is 1.38. The van der Waals surface area contributed by atoms with Gasteiger partial charge in [-0.25, -0.2) is 0 Å². The maximum Gasteiger partial charge on any atom is 0.317 e. The topological polar surface area (TPSA) is 55.0 Å². The zero-order valence-electron chi connectivity index (χ0n) is 7.83. The van der Waals surface area contributed by atoms with E-state index in [1.54, 1.807) is 26.1 Å². The lowest BCUT2D eigenvalue weighted by Gasteiger charge is -2.18. The Morgan fingerprint density at radius 1 is 1.62 bits per heavy atom. The third-order valence-corrected chi connectivity index (χ3v) is 1.87. The number of nitrogens with zero attached hydrogens (tertiary/aromatic N) is 1. The van der Waals surface area contributed by atoms with Crippen molar-refractivity contribution >= 4 is 18.4 Å². The van der Waals surface area contributed by atoms with E-state index < -0.39 is 5.41 Å². The summed E-state index contributed by atoms with van der Waals surface area (Å²) in [6.07, 6.45) is 1.61. The van der Waals surface area contributed by atoms with Gasteiger partial charge in [0.15, 0.2) is 0 Å². The highest BCUT2D eigenvalue weighted by Crippen LogP contribution is 2.21. The molecule has 0 radical (unpaired) electrons. The largest absolute Gasteiger partial charge is 0.468 e. The number of rotatable bonds is 2. The number of ether oxygens (including phenoxy) is 1. The predicted molar refractivity (Wildman–Crippen MR) is 50.9 cm³/mol. The van der Waals surface area contributed by atoms with Crippen LogP contribution in [0.15, 0.2) is 12.3 Å². The van der Waals surface area contributed by atoms with Gasteiger partial charge < -0.3 is 4.74 Å². The fourth-order valence-electron chi connectivity index (χ4n) is 0.969. The van der Waals surface area contributed by atoms with Gasteiger partial charge in [0.1, 0.15) is 5.41 Å². The second kappa shape index (κ2) is 4.28. The molecule has 1 heterocycles. The van der Waals surface area contributed by atoms with Crippen molar-refractivity contribution in [2.24, 2.45) is 0 Å². The van der Waals surface area contributed by atoms with Gasteiger partial charge in [0.05, 0.1) is 12.8 Å². The van der Waals surface area contributed by atoms with Crippen LogP contribution in [0.5, 0.6) is 0 Å². The lowest BCUT2D eigenvalue weighted by Crippen LogP contribution is -2.30. The van der Waals surface area contributed by atoms with E-state index in [1.165, 1.54) is 7.11 Å². The van der Waals surface area contributed by atoms with E-state index in [2.05, 4.69) is 14.9 Å². The number of hydrogen-bond donors (Lipinski definition) is 1. The standard InChI is InChI=1S/C8H12N2O2.ClH/c1-8(2,7(11)12-3)6-4-5-9-10-6;/h4-5H,1-3H3,(H,9,10);1H. The number of H-pyrrole nitrogens is 1. The van der Waals surface area contributed by atoms with E-state index in [9.17, 15) is 4.79 Å². The normalized spacial score (nSPS) is 10.4. The fourth-order valence-corrected chi connectivity index (χ4v) is 0.969. The summed E-state index contributed by atoms with van der Waals surface area (Å²) in [6.45, 7) is 3.57. The molecule has 0 saturated carbocycles. The fraction of sp³-hybridized carbons (Fsp3) is 0.500. The van der Waals surface area contributed by atoms with Gasteiger partial charge in [-0.15, -0.1) is 12.4 Å². The second-order valence-corrected chi connectivity index (χ2v) is 3.09. The summed E-state index contributed by atoms with van der Waals surface area (Å²) in [6, 6.07) is 1.76. The van der Waals surface area contributed by atoms with Crippen molar-refractivity contribution in [3.63, 3.8) is 0 Å². The molecule has 0 aliphatic rings. The highest BCUT2D eigenvalue weighted by molar-refractivity contribution is 5.85. The third kappa shape index (κ3) is 2.21. The van der Waals surface area contributed by atoms with E-state index in [4.69, 9.17) is 0 Å². The van der Waals surface area contributed by atoms with E-state index in [-0.39, 0.29) is 18.4 Å². The third-order valence-electron chi connectivity index (χ3n) is 1.87. The minimum atomic E-state index is -0.648. The van der Waals surface area contributed by atoms with Crippen LogP contribution < -0.4 is 0 Å². The Hall–Kier alpha value is -1.03. The zero-order chi connectivity index (χ0) is 9.19. The average molecular weight is 205 g/mol. The molecule has 1 N–H and O–H groups in total. The molecule has 0 bridgehead atoms. The van der Waals surface area contributed by atoms with Crippen LogP contribution in [0.2, 0.25) is 0 Å². The first-order valence-electron chi connectivity index (χ1n) is 3.67. The molecule has 0 aliphatic carbocycles. The lowest BCUT2D eigenvalue weighted by molar-refractivity contribution is -0.146. The number of carbonyl (C=O) groups is 1. The maximum absolute atomic E-state index is 11.3. The van der Waals surface area contributed by atoms with Gasteiger partial charge in [-0.05, 0) is 19.9 Å². The van der Waals surface area contributed by atoms with Gasteiger partial charge in [-0.3, -0.25) is 9.89 Å². The van der Waals surface area contributed by atoms with E-state index in [0.29, 0.717) is 0 Å². The van der Waals surface area contributed by atoms with Gasteiger partial charge in [0, 0.05) is 6.20 Å². The van der Waals surface area contributed by atoms with E-state index >= 15 is 0 Å². The van der Waals surface area contributed by atoms with Crippen LogP contribution in [0.1, 0.15) is 19.5 Å². The van der Waals surface area contributed by atoms with Crippen LogP contribution >= 0.6 is 12.4 Å². The second-order valence-electron chi connectivity index (χ2n) is 3.09. The summed E-state index contributed by atoms with van der Waals surface area (Å²) >= 11 is 0. The molecular formula is C8H13ClN2O2. The zero-order valence-corrected chi connectivity index (χ0v) is 8.64. The lowest BCUT2D eigenvalue weighted by atomic mass is 9.90. The summed E-state index contributed by atoms with van der Waals surface area (Å²) in [5.74, 6) is -0.272. The van der Waals surface area contributed by atoms with Crippen LogP contribution in [-0.2, 0) is 14.9 Å². The molecule has 74 valence electrons. The van der Waals surface area contributed by atoms with Crippen molar-refractivity contribution < 1.29 is 9.53 Å². The first kappa shape index (κ1) is 12.0. The minimum Gasteiger partial charge on any atom is -0.468 e. The Bertz CT molecular complexity index is 270. The first-order chi connectivity index (χ1) is 5.59. The minimum absolute atomic E-state index is 0. The molecule has 1 rings (SSSR count). The van der Waals surface area contributed by atoms with E-state index in [1.807, 2.05) is 0 Å². The Morgan fingerprint density at radius 3 is 2.62 bits per heavy atom. The van der Waals surface area contributed by atoms with Crippen LogP contribution in [0, 0.1) is 0 Å². The quantitative estimate of drug-likeness (QED) is 0.739. The molecule has 0 atom stereocenters. The molecule has 0 aliphatic heterocycles. The molecule has 0 amide bonds. The number of methoxy groups -OCH3 is 1. The number of esters is 1. The van der Waals surface area contributed by atoms with Crippen molar-refractivity contribution in [3.8, 4) is 0 Å². The van der Waals surface area contributed by atoms with Gasteiger partial charge >= 0.3 is 5.97 Å². The van der Waals surface area contributed by atoms with E-state index in [0.717, 1.165) is 5.69 Å². The molecular weight excluding hydrogens is 192 g/mol. The molecule has 1 aromatic heterocycles. The van der Waals surface area contributed by atoms with Crippen molar-refractivity contribution in [1.29, 1.82) is 0 Å². The number of carbonyl (C=O) groups excluding carboxylic acids is 1. The number of hydrogen-bond acceptors (Lipinski definition) is 3. The Kier molecular flexibility index (Phi) is 3.94. The summed E-state index contributed by atoms with van der Waals surface area (Å²) < 4.78 is 4.65. The highest BCUT2D eigenvalue weighted by atomic mass is 35.5. The van der Waals surface area contributed by atoms with Crippen LogP contribution in [0.4, 0.5) is 0 Å². The molecule has 1 aromatic rings. The predicted octanol–water partition coefficient (Wildman–Crippen LogP) is 1.28. The SMILES string of the molecule is COC(=O)C(C)(C)c1ccn[nH]1.Cl. The van der Waals surface area contributed by atoms with Crippen LogP contribution in [0.3, 0.4) is 0 Å². The Balaban J connectivity index is 0.00000144. The van der Waals surface area contributed by atoms with Gasteiger partial charge in [0.25, 0.3) is 0 Å². The van der Waals surface area contributed by atoms with Crippen LogP contribution in [-0.4, -0.2) is 23.3 Å². The van der Waals surface area contributed by atoms with Crippen molar-refractivity contribution in [2.45, 2.75) is 19.3 Å². The van der Waals surface area contributed by atoms with Crippen molar-refractivity contribution in [3.05, 3.63) is 18.0 Å². The molecule has 4 nitrogen and oxygen atoms in total. The number of aromatic nitrogens is 2. The van der Waals surface area contributed by atoms with Crippen molar-refractivity contribution in [2.75, 3.05) is 7.11 Å². The molecule has 0 saturated heterocycles. The number of halogens is 1. The monoisotopic (exact) mass is 204 g/mol. The number of nitrogens with one attached hydrogen (secondary N) is 1. The first-order valence-corrected chi connectivity index (χ1v) is 3.67. The molecule has 0 fully saturated rings. The van der Waals surface area contributed by atoms with Crippen molar-refractivity contribution in [1.82, 2.24) is 10.2 Å². The molecule has 13 heavy (non-hydrogen) atoms.